The van der Waals surface area contributed by atoms with Gasteiger partial charge in [0, 0.05) is 48.7 Å². The Morgan fingerprint density at radius 1 is 0.944 bits per heavy atom. The van der Waals surface area contributed by atoms with E-state index in [-0.39, 0.29) is 0 Å². The Labute approximate surface area is 216 Å². The van der Waals surface area contributed by atoms with Crippen LogP contribution in [0.15, 0.2) is 35.3 Å². The quantitative estimate of drug-likeness (QED) is 0.406. The molecule has 0 spiro atoms. The number of fused-ring (bicyclic) bond motifs is 3. The first-order chi connectivity index (χ1) is 17.6. The molecule has 190 valence electrons. The number of aromatic nitrogens is 1. The second-order valence-electron chi connectivity index (χ2n) is 10.2. The molecule has 3 aromatic rings. The van der Waals surface area contributed by atoms with Crippen molar-refractivity contribution >= 4 is 33.5 Å². The second-order valence-corrected chi connectivity index (χ2v) is 11.4. The third-order valence-electron chi connectivity index (χ3n) is 7.77. The zero-order valence-electron chi connectivity index (χ0n) is 21.0. The molecule has 1 aromatic carbocycles. The molecule has 2 aromatic heterocycles. The van der Waals surface area contributed by atoms with Crippen LogP contribution in [0.3, 0.4) is 0 Å². The molecule has 0 radical (unpaired) electrons. The van der Waals surface area contributed by atoms with Gasteiger partial charge in [0.25, 0.3) is 0 Å². The average molecular weight is 506 g/mol. The van der Waals surface area contributed by atoms with E-state index >= 15 is 0 Å². The first-order valence-electron chi connectivity index (χ1n) is 13.2. The lowest BCUT2D eigenvalue weighted by Gasteiger charge is -2.36. The van der Waals surface area contributed by atoms with Gasteiger partial charge in [-0.2, -0.15) is 0 Å². The van der Waals surface area contributed by atoms with E-state index in [0.717, 1.165) is 99.6 Å². The van der Waals surface area contributed by atoms with E-state index in [1.807, 2.05) is 6.07 Å². The third kappa shape index (κ3) is 4.37. The van der Waals surface area contributed by atoms with Gasteiger partial charge in [-0.25, -0.2) is 4.99 Å². The van der Waals surface area contributed by atoms with Crippen molar-refractivity contribution in [2.75, 3.05) is 38.0 Å². The van der Waals surface area contributed by atoms with E-state index in [9.17, 15) is 10.2 Å². The number of aromatic hydroxyl groups is 2. The fourth-order valence-electron chi connectivity index (χ4n) is 5.81. The number of hydrogen-bond acceptors (Lipinski definition) is 7. The van der Waals surface area contributed by atoms with E-state index in [1.54, 1.807) is 15.9 Å². The molecule has 8 heteroatoms. The van der Waals surface area contributed by atoms with Crippen molar-refractivity contribution in [3.63, 3.8) is 0 Å². The van der Waals surface area contributed by atoms with Crippen molar-refractivity contribution in [1.82, 2.24) is 14.4 Å². The van der Waals surface area contributed by atoms with E-state index in [2.05, 4.69) is 46.3 Å². The van der Waals surface area contributed by atoms with E-state index in [1.165, 1.54) is 15.4 Å². The molecular weight excluding hydrogens is 470 g/mol. The highest BCUT2D eigenvalue weighted by Crippen LogP contribution is 2.40. The zero-order chi connectivity index (χ0) is 24.6. The van der Waals surface area contributed by atoms with Gasteiger partial charge < -0.3 is 20.4 Å². The molecule has 36 heavy (non-hydrogen) atoms. The first kappa shape index (κ1) is 23.4. The van der Waals surface area contributed by atoms with Gasteiger partial charge in [-0.15, -0.1) is 11.3 Å². The first-order valence-corrected chi connectivity index (χ1v) is 14.0. The van der Waals surface area contributed by atoms with Gasteiger partial charge in [0.2, 0.25) is 0 Å². The number of amidine groups is 1. The van der Waals surface area contributed by atoms with Crippen molar-refractivity contribution in [3.8, 4) is 11.8 Å². The van der Waals surface area contributed by atoms with Crippen LogP contribution in [0.4, 0.5) is 16.4 Å². The summed E-state index contributed by atoms with van der Waals surface area (Å²) in [6.45, 7) is 7.82. The number of aliphatic imine (C=N–C) groups is 1. The topological polar surface area (TPSA) is 76.3 Å². The van der Waals surface area contributed by atoms with Crippen LogP contribution in [0.25, 0.3) is 0 Å². The van der Waals surface area contributed by atoms with Gasteiger partial charge in [0.15, 0.2) is 11.8 Å². The van der Waals surface area contributed by atoms with Crippen LogP contribution < -0.4 is 5.32 Å². The molecule has 0 unspecified atom stereocenters. The van der Waals surface area contributed by atoms with Crippen molar-refractivity contribution in [2.24, 2.45) is 4.99 Å². The maximum atomic E-state index is 10.6. The van der Waals surface area contributed by atoms with Gasteiger partial charge in [0.1, 0.15) is 10.8 Å². The van der Waals surface area contributed by atoms with Crippen LogP contribution in [0.1, 0.15) is 47.3 Å². The number of hydrogen-bond donors (Lipinski definition) is 3. The van der Waals surface area contributed by atoms with Gasteiger partial charge in [-0.3, -0.25) is 9.47 Å². The number of rotatable bonds is 5. The standard InChI is InChI=1S/C28H35N5O2S/c1-19-18-22-25(29-23-10-4-5-11-24(23)30-26(22)36-19)32-16-14-31(15-17-32)12-6-7-13-33-27(34)20-8-2-3-9-21(20)28(33)35/h4-5,10-11,18,30,34-35H,2-3,6-9,12-17H2,1H3. The van der Waals surface area contributed by atoms with E-state index in [0.29, 0.717) is 18.3 Å². The Kier molecular flexibility index (Phi) is 6.39. The highest BCUT2D eigenvalue weighted by atomic mass is 32.1. The number of benzene rings is 1. The molecule has 3 aliphatic rings. The number of unbranched alkanes of at least 4 members (excludes halogenated alkanes) is 1. The number of piperazine rings is 1. The van der Waals surface area contributed by atoms with Gasteiger partial charge in [-0.1, -0.05) is 12.1 Å². The molecule has 7 nitrogen and oxygen atoms in total. The minimum atomic E-state index is 0.291. The summed E-state index contributed by atoms with van der Waals surface area (Å²) in [6, 6.07) is 10.5. The van der Waals surface area contributed by atoms with Gasteiger partial charge >= 0.3 is 0 Å². The van der Waals surface area contributed by atoms with Crippen molar-refractivity contribution < 1.29 is 10.2 Å². The molecule has 3 N–H and O–H groups in total. The molecule has 1 aliphatic carbocycles. The molecule has 1 fully saturated rings. The smallest absolute Gasteiger partial charge is 0.197 e. The average Bonchev–Trinajstić information content (AvgIpc) is 3.32. The maximum Gasteiger partial charge on any atom is 0.197 e. The predicted octanol–water partition coefficient (Wildman–Crippen LogP) is 5.38. The minimum Gasteiger partial charge on any atom is -0.494 e. The van der Waals surface area contributed by atoms with Crippen LogP contribution in [0, 0.1) is 6.92 Å². The number of nitrogens with one attached hydrogen (secondary N) is 1. The maximum absolute atomic E-state index is 10.6. The Hall–Kier alpha value is -2.97. The summed E-state index contributed by atoms with van der Waals surface area (Å²) in [7, 11) is 0. The summed E-state index contributed by atoms with van der Waals surface area (Å²) in [5.41, 5.74) is 5.21. The minimum absolute atomic E-state index is 0.291. The summed E-state index contributed by atoms with van der Waals surface area (Å²) in [6.07, 6.45) is 5.95. The Bertz CT molecular complexity index is 1260. The summed E-state index contributed by atoms with van der Waals surface area (Å²) < 4.78 is 1.73. The van der Waals surface area contributed by atoms with Crippen LogP contribution in [0.5, 0.6) is 11.8 Å². The number of anilines is 2. The lowest BCUT2D eigenvalue weighted by atomic mass is 9.95. The Morgan fingerprint density at radius 2 is 1.64 bits per heavy atom. The Balaban J connectivity index is 1.06. The molecule has 0 bridgehead atoms. The molecule has 6 rings (SSSR count). The van der Waals surface area contributed by atoms with Crippen molar-refractivity contribution in [1.29, 1.82) is 0 Å². The molecule has 2 aliphatic heterocycles. The highest BCUT2D eigenvalue weighted by Gasteiger charge is 2.27. The highest BCUT2D eigenvalue weighted by molar-refractivity contribution is 7.16. The number of nitrogens with zero attached hydrogens (tertiary/aromatic N) is 4. The monoisotopic (exact) mass is 505 g/mol. The number of aryl methyl sites for hydroxylation is 1. The van der Waals surface area contributed by atoms with Gasteiger partial charge in [0.05, 0.1) is 16.9 Å². The molecule has 1 saturated heterocycles. The lowest BCUT2D eigenvalue weighted by molar-refractivity contribution is 0.179. The second kappa shape index (κ2) is 9.82. The summed E-state index contributed by atoms with van der Waals surface area (Å²) in [5, 5.41) is 25.9. The lowest BCUT2D eigenvalue weighted by Crippen LogP contribution is -2.49. The van der Waals surface area contributed by atoms with E-state index in [4.69, 9.17) is 4.99 Å². The fraction of sp³-hybridized carbons (Fsp3) is 0.464. The third-order valence-corrected chi connectivity index (χ3v) is 8.74. The summed E-state index contributed by atoms with van der Waals surface area (Å²) >= 11 is 1.79. The largest absolute Gasteiger partial charge is 0.494 e. The van der Waals surface area contributed by atoms with Crippen LogP contribution in [0.2, 0.25) is 0 Å². The number of para-hydroxylation sites is 2. The van der Waals surface area contributed by atoms with Crippen LogP contribution in [-0.2, 0) is 19.4 Å². The number of thiophene rings is 1. The predicted molar refractivity (Wildman–Crippen MR) is 147 cm³/mol. The molecule has 0 saturated carbocycles. The molecule has 4 heterocycles. The SMILES string of the molecule is Cc1cc2c(s1)Nc1ccccc1N=C2N1CCN(CCCCn2c(O)c3c(c2O)CCCC3)CC1. The van der Waals surface area contributed by atoms with Crippen molar-refractivity contribution in [3.05, 3.63) is 51.9 Å². The molecule has 0 atom stereocenters. The Morgan fingerprint density at radius 3 is 2.39 bits per heavy atom. The molecule has 0 amide bonds. The van der Waals surface area contributed by atoms with Gasteiger partial charge in [-0.05, 0) is 70.2 Å². The van der Waals surface area contributed by atoms with E-state index < -0.39 is 0 Å². The normalized spacial score (nSPS) is 17.6. The van der Waals surface area contributed by atoms with Crippen molar-refractivity contribution in [2.45, 2.75) is 52.0 Å². The fourth-order valence-corrected chi connectivity index (χ4v) is 6.73. The summed E-state index contributed by atoms with van der Waals surface area (Å²) in [4.78, 5) is 11.4. The van der Waals surface area contributed by atoms with Crippen LogP contribution >= 0.6 is 11.3 Å². The zero-order valence-corrected chi connectivity index (χ0v) is 21.8. The summed E-state index contributed by atoms with van der Waals surface area (Å²) in [5.74, 6) is 1.66. The van der Waals surface area contributed by atoms with Crippen LogP contribution in [-0.4, -0.2) is 63.1 Å². The molecular formula is C28H35N5O2S.